The summed E-state index contributed by atoms with van der Waals surface area (Å²) in [6.07, 6.45) is -5.96. The number of amides is 1. The van der Waals surface area contributed by atoms with Gasteiger partial charge in [-0.05, 0) is 18.2 Å². The number of fused-ring (bicyclic) bond motifs is 1. The standard InChI is InChI=1S/C22H21F2N3O9/c1-32-11-5-10-6-12(35-16(10)13(7-11)33-2)9-34-20(31)26-15-3-4-27(19(30)25-15)18-22(23,24)17(29)21(36-18)8-14(21)28/h3-7,14,17-18,28-29H,8-9H2,1-2H3,(H,25,26,30,31)/t14-,17-,18-,21-/m1/s1. The first-order valence-electron chi connectivity index (χ1n) is 10.7. The van der Waals surface area contributed by atoms with Gasteiger partial charge in [-0.1, -0.05) is 0 Å². The average molecular weight is 509 g/mol. The van der Waals surface area contributed by atoms with Gasteiger partial charge in [-0.25, -0.2) is 9.59 Å². The molecule has 1 saturated carbocycles. The fraction of sp³-hybridized carbons (Fsp3) is 0.409. The van der Waals surface area contributed by atoms with Crippen molar-refractivity contribution in [1.29, 1.82) is 0 Å². The van der Waals surface area contributed by atoms with Crippen molar-refractivity contribution >= 4 is 22.9 Å². The second-order valence-corrected chi connectivity index (χ2v) is 8.39. The Hall–Kier alpha value is -3.75. The highest BCUT2D eigenvalue weighted by atomic mass is 19.3. The molecular weight excluding hydrogens is 488 g/mol. The quantitative estimate of drug-likeness (QED) is 0.448. The maximum Gasteiger partial charge on any atom is 0.413 e. The zero-order chi connectivity index (χ0) is 25.8. The van der Waals surface area contributed by atoms with Crippen LogP contribution in [-0.2, 0) is 16.1 Å². The Balaban J connectivity index is 1.25. The molecule has 1 saturated heterocycles. The zero-order valence-corrected chi connectivity index (χ0v) is 18.9. The molecule has 0 radical (unpaired) electrons. The van der Waals surface area contributed by atoms with Crippen LogP contribution < -0.4 is 20.5 Å². The molecule has 2 fully saturated rings. The number of rotatable bonds is 6. The van der Waals surface area contributed by atoms with Gasteiger partial charge >= 0.3 is 17.7 Å². The Bertz CT molecular complexity index is 1390. The number of nitrogens with zero attached hydrogens (tertiary/aromatic N) is 2. The Morgan fingerprint density at radius 3 is 2.64 bits per heavy atom. The number of ether oxygens (including phenoxy) is 4. The molecule has 1 aliphatic carbocycles. The maximum atomic E-state index is 14.5. The summed E-state index contributed by atoms with van der Waals surface area (Å²) in [5, 5.41) is 22.4. The monoisotopic (exact) mass is 509 g/mol. The van der Waals surface area contributed by atoms with Crippen LogP contribution in [0.15, 0.2) is 39.7 Å². The number of benzene rings is 1. The normalized spacial score (nSPS) is 26.2. The molecule has 36 heavy (non-hydrogen) atoms. The Morgan fingerprint density at radius 2 is 2.03 bits per heavy atom. The number of carbonyl (C=O) groups is 1. The molecule has 3 heterocycles. The largest absolute Gasteiger partial charge is 0.497 e. The summed E-state index contributed by atoms with van der Waals surface area (Å²) in [5.74, 6) is -2.84. The summed E-state index contributed by atoms with van der Waals surface area (Å²) in [4.78, 5) is 28.1. The van der Waals surface area contributed by atoms with Crippen LogP contribution in [0, 0.1) is 0 Å². The molecule has 14 heteroatoms. The molecule has 2 aliphatic rings. The minimum Gasteiger partial charge on any atom is -0.497 e. The van der Waals surface area contributed by atoms with E-state index in [0.717, 1.165) is 12.3 Å². The van der Waals surface area contributed by atoms with Gasteiger partial charge in [0.05, 0.1) is 20.3 Å². The summed E-state index contributed by atoms with van der Waals surface area (Å²) in [6.45, 7) is -0.270. The third-order valence-electron chi connectivity index (χ3n) is 6.12. The van der Waals surface area contributed by atoms with Crippen LogP contribution in [0.5, 0.6) is 11.5 Å². The molecule has 3 N–H and O–H groups in total. The lowest BCUT2D eigenvalue weighted by molar-refractivity contribution is -0.141. The molecule has 1 spiro atoms. The van der Waals surface area contributed by atoms with E-state index < -0.39 is 41.7 Å². The number of nitrogens with one attached hydrogen (secondary N) is 1. The van der Waals surface area contributed by atoms with E-state index in [0.29, 0.717) is 32.8 Å². The highest BCUT2D eigenvalue weighted by Gasteiger charge is 2.76. The van der Waals surface area contributed by atoms with Crippen molar-refractivity contribution in [3.05, 3.63) is 46.7 Å². The average Bonchev–Trinajstić information content (AvgIpc) is 3.22. The van der Waals surface area contributed by atoms with E-state index in [1.54, 1.807) is 18.2 Å². The Morgan fingerprint density at radius 1 is 1.28 bits per heavy atom. The van der Waals surface area contributed by atoms with Gasteiger partial charge in [0, 0.05) is 24.1 Å². The molecule has 0 bridgehead atoms. The number of halogens is 2. The van der Waals surface area contributed by atoms with Crippen molar-refractivity contribution in [2.75, 3.05) is 19.5 Å². The van der Waals surface area contributed by atoms with Crippen LogP contribution in [0.25, 0.3) is 11.0 Å². The van der Waals surface area contributed by atoms with Crippen molar-refractivity contribution in [3.63, 3.8) is 0 Å². The lowest BCUT2D eigenvalue weighted by Crippen LogP contribution is -2.42. The van der Waals surface area contributed by atoms with Gasteiger partial charge in [-0.15, -0.1) is 0 Å². The number of hydrogen-bond donors (Lipinski definition) is 3. The van der Waals surface area contributed by atoms with Crippen molar-refractivity contribution in [1.82, 2.24) is 9.55 Å². The van der Waals surface area contributed by atoms with Crippen molar-refractivity contribution in [2.45, 2.75) is 43.0 Å². The van der Waals surface area contributed by atoms with Gasteiger partial charge in [0.15, 0.2) is 24.0 Å². The van der Waals surface area contributed by atoms with Gasteiger partial charge in [-0.3, -0.25) is 9.88 Å². The fourth-order valence-electron chi connectivity index (χ4n) is 4.14. The van der Waals surface area contributed by atoms with E-state index in [2.05, 4.69) is 10.3 Å². The predicted molar refractivity (Wildman–Crippen MR) is 116 cm³/mol. The number of carbonyl (C=O) groups excluding carboxylic acids is 1. The van der Waals surface area contributed by atoms with Crippen LogP contribution in [0.1, 0.15) is 18.4 Å². The molecule has 192 valence electrons. The molecule has 5 rings (SSSR count). The lowest BCUT2D eigenvalue weighted by Gasteiger charge is -2.21. The summed E-state index contributed by atoms with van der Waals surface area (Å²) in [7, 11) is 2.97. The number of aromatic nitrogens is 2. The lowest BCUT2D eigenvalue weighted by atomic mass is 10.1. The fourth-order valence-corrected chi connectivity index (χ4v) is 4.14. The third-order valence-corrected chi connectivity index (χ3v) is 6.12. The molecule has 3 aromatic rings. The van der Waals surface area contributed by atoms with Crippen LogP contribution in [0.3, 0.4) is 0 Å². The molecule has 12 nitrogen and oxygen atoms in total. The van der Waals surface area contributed by atoms with Gasteiger partial charge in [0.25, 0.3) is 0 Å². The number of hydrogen-bond acceptors (Lipinski definition) is 10. The first-order valence-corrected chi connectivity index (χ1v) is 10.7. The highest BCUT2D eigenvalue weighted by Crippen LogP contribution is 2.58. The Kier molecular flexibility index (Phi) is 5.61. The number of aliphatic hydroxyl groups is 2. The smallest absolute Gasteiger partial charge is 0.413 e. The van der Waals surface area contributed by atoms with Crippen LogP contribution in [-0.4, -0.2) is 63.8 Å². The second kappa shape index (κ2) is 8.43. The summed E-state index contributed by atoms with van der Waals surface area (Å²) in [5.41, 5.74) is -2.56. The number of aliphatic hydroxyl groups excluding tert-OH is 2. The second-order valence-electron chi connectivity index (χ2n) is 8.39. The summed E-state index contributed by atoms with van der Waals surface area (Å²) < 4.78 is 55.9. The molecule has 2 aromatic heterocycles. The van der Waals surface area contributed by atoms with Gasteiger partial charge in [-0.2, -0.15) is 13.8 Å². The SMILES string of the molecule is COc1cc(OC)c2oc(COC(=O)Nc3ccn([C@@H]4O[C@@]5(C[C@H]5O)[C@@H](O)C4(F)F)c(=O)n3)cc2c1. The van der Waals surface area contributed by atoms with E-state index in [-0.39, 0.29) is 18.8 Å². The minimum atomic E-state index is -3.85. The summed E-state index contributed by atoms with van der Waals surface area (Å²) >= 11 is 0. The molecule has 1 aliphatic heterocycles. The maximum absolute atomic E-state index is 14.5. The van der Waals surface area contributed by atoms with E-state index in [1.807, 2.05) is 0 Å². The van der Waals surface area contributed by atoms with E-state index in [4.69, 9.17) is 23.4 Å². The van der Waals surface area contributed by atoms with E-state index >= 15 is 0 Å². The Labute approximate surface area is 200 Å². The third kappa shape index (κ3) is 3.83. The van der Waals surface area contributed by atoms with Crippen molar-refractivity contribution in [3.8, 4) is 11.5 Å². The molecule has 4 atom stereocenters. The number of alkyl halides is 2. The molecule has 0 unspecified atom stereocenters. The first-order chi connectivity index (χ1) is 17.1. The van der Waals surface area contributed by atoms with Crippen LogP contribution in [0.4, 0.5) is 19.4 Å². The summed E-state index contributed by atoms with van der Waals surface area (Å²) in [6, 6.07) is 6.07. The van der Waals surface area contributed by atoms with Gasteiger partial charge < -0.3 is 33.6 Å². The van der Waals surface area contributed by atoms with Gasteiger partial charge in [0.1, 0.15) is 22.9 Å². The molecular formula is C22H21F2N3O9. The van der Waals surface area contributed by atoms with Crippen molar-refractivity contribution in [2.24, 2.45) is 0 Å². The zero-order valence-electron chi connectivity index (χ0n) is 18.9. The van der Waals surface area contributed by atoms with Crippen molar-refractivity contribution < 1.29 is 47.2 Å². The van der Waals surface area contributed by atoms with Gasteiger partial charge in [0.2, 0.25) is 6.23 Å². The van der Waals surface area contributed by atoms with Crippen LogP contribution >= 0.6 is 0 Å². The number of anilines is 1. The molecule has 1 aromatic carbocycles. The number of furan rings is 1. The van der Waals surface area contributed by atoms with E-state index in [9.17, 15) is 28.6 Å². The number of methoxy groups -OCH3 is 2. The van der Waals surface area contributed by atoms with E-state index in [1.165, 1.54) is 14.2 Å². The first kappa shape index (κ1) is 24.0. The van der Waals surface area contributed by atoms with Crippen LogP contribution in [0.2, 0.25) is 0 Å². The minimum absolute atomic E-state index is 0.181. The highest BCUT2D eigenvalue weighted by molar-refractivity contribution is 5.86. The predicted octanol–water partition coefficient (Wildman–Crippen LogP) is 1.78. The topological polar surface area (TPSA) is 155 Å². The molecule has 1 amide bonds.